The molecule has 0 heterocycles. The van der Waals surface area contributed by atoms with Crippen LogP contribution in [0, 0.1) is 0 Å². The van der Waals surface area contributed by atoms with E-state index < -0.39 is 6.10 Å². The fourth-order valence-electron chi connectivity index (χ4n) is 7.76. The van der Waals surface area contributed by atoms with Crippen LogP contribution in [0.2, 0.25) is 0 Å². The fraction of sp³-hybridized carbons (Fsp3) is 0.548. The summed E-state index contributed by atoms with van der Waals surface area (Å²) in [5.41, 5.74) is 0. The van der Waals surface area contributed by atoms with Crippen molar-refractivity contribution in [3.05, 3.63) is 182 Å². The zero-order valence-electron chi connectivity index (χ0n) is 50.3. The highest BCUT2D eigenvalue weighted by molar-refractivity contribution is 5.71. The number of allylic oxidation sites excluding steroid dienone is 30. The third kappa shape index (κ3) is 63.2. The van der Waals surface area contributed by atoms with Crippen molar-refractivity contribution in [2.75, 3.05) is 13.2 Å². The number of unbranched alkanes of at least 4 members (excludes halogenated alkanes) is 13. The van der Waals surface area contributed by atoms with Gasteiger partial charge in [-0.05, 0) is 154 Å². The molecule has 0 aromatic carbocycles. The fourth-order valence-corrected chi connectivity index (χ4v) is 7.76. The molecule has 0 aliphatic heterocycles. The summed E-state index contributed by atoms with van der Waals surface area (Å²) in [5, 5.41) is 0. The van der Waals surface area contributed by atoms with Gasteiger partial charge >= 0.3 is 17.9 Å². The van der Waals surface area contributed by atoms with E-state index in [1.807, 2.05) is 0 Å². The summed E-state index contributed by atoms with van der Waals surface area (Å²) in [6.45, 7) is 6.29. The van der Waals surface area contributed by atoms with E-state index in [4.69, 9.17) is 14.2 Å². The molecule has 0 N–H and O–H groups in total. The smallest absolute Gasteiger partial charge is 0.306 e. The Hall–Kier alpha value is -5.49. The van der Waals surface area contributed by atoms with Crippen LogP contribution in [0.3, 0.4) is 0 Å². The van der Waals surface area contributed by atoms with Crippen LogP contribution in [0.1, 0.15) is 239 Å². The lowest BCUT2D eigenvalue weighted by Gasteiger charge is -2.18. The molecule has 1 atom stereocenters. The Morgan fingerprint density at radius 1 is 0.266 bits per heavy atom. The molecule has 0 saturated carbocycles. The average Bonchev–Trinajstić information content (AvgIpc) is 3.45. The number of rotatable bonds is 54. The van der Waals surface area contributed by atoms with Crippen molar-refractivity contribution in [1.29, 1.82) is 0 Å². The molecule has 79 heavy (non-hydrogen) atoms. The van der Waals surface area contributed by atoms with Crippen LogP contribution in [0.4, 0.5) is 0 Å². The van der Waals surface area contributed by atoms with Crippen molar-refractivity contribution in [3.8, 4) is 0 Å². The average molecular weight is 1090 g/mol. The number of hydrogen-bond acceptors (Lipinski definition) is 6. The minimum Gasteiger partial charge on any atom is -0.462 e. The van der Waals surface area contributed by atoms with Gasteiger partial charge in [-0.25, -0.2) is 0 Å². The second-order valence-corrected chi connectivity index (χ2v) is 19.8. The van der Waals surface area contributed by atoms with Crippen molar-refractivity contribution in [1.82, 2.24) is 0 Å². The van der Waals surface area contributed by atoms with Crippen LogP contribution in [-0.2, 0) is 28.6 Å². The predicted molar refractivity (Wildman–Crippen MR) is 343 cm³/mol. The second-order valence-electron chi connectivity index (χ2n) is 19.8. The van der Waals surface area contributed by atoms with E-state index in [2.05, 4.69) is 203 Å². The van der Waals surface area contributed by atoms with Gasteiger partial charge in [-0.3, -0.25) is 14.4 Å². The lowest BCUT2D eigenvalue weighted by atomic mass is 10.1. The van der Waals surface area contributed by atoms with Gasteiger partial charge in [0.15, 0.2) is 6.10 Å². The van der Waals surface area contributed by atoms with E-state index in [1.54, 1.807) is 0 Å². The van der Waals surface area contributed by atoms with Crippen LogP contribution in [-0.4, -0.2) is 37.2 Å². The Morgan fingerprint density at radius 2 is 0.506 bits per heavy atom. The largest absolute Gasteiger partial charge is 0.462 e. The van der Waals surface area contributed by atoms with E-state index in [-0.39, 0.29) is 44.0 Å². The first-order chi connectivity index (χ1) is 39.0. The maximum Gasteiger partial charge on any atom is 0.306 e. The number of esters is 3. The summed E-state index contributed by atoms with van der Waals surface area (Å²) in [6.07, 6.45) is 97.5. The minimum atomic E-state index is -0.832. The topological polar surface area (TPSA) is 78.9 Å². The zero-order chi connectivity index (χ0) is 57.1. The van der Waals surface area contributed by atoms with E-state index >= 15 is 0 Å². The SMILES string of the molecule is CC/C=C\C/C=C\C/C=C\C/C=C\C/C=C\C/C=C\C/C=C\C/C=C\C/C=C\CCCC(=O)OCC(COC(=O)CCCCCCC/C=C\C/C=C\CCCCC)OC(=O)CCCCCC/C=C\C/C=C\C/C=C\C/C=C\CC. The standard InChI is InChI=1S/C73H112O6/c1-4-7-10-13-16-19-22-25-28-30-31-32-33-34-35-36-37-38-39-40-41-43-45-48-51-54-57-60-63-66-72(75)78-69-70(68-77-71(74)65-62-59-56-53-50-47-44-27-24-21-18-15-12-9-6-3)79-73(76)67-64-61-58-55-52-49-46-42-29-26-23-20-17-14-11-8-5-2/h7-8,10-11,16-21,25-29,31-32,34-35,37-38,40-41,44-46,48-49,54,57,70H,4-6,9,12-15,22-24,30,33,36,39,42-43,47,50-53,55-56,58-69H2,1-3H3/b10-7-,11-8-,19-16-,20-17-,21-18-,28-25-,29-26-,32-31-,35-34-,38-37-,41-40-,44-27-,48-45-,49-46-,57-54-. The van der Waals surface area contributed by atoms with Crippen molar-refractivity contribution < 1.29 is 28.6 Å². The minimum absolute atomic E-state index is 0.123. The highest BCUT2D eigenvalue weighted by Crippen LogP contribution is 2.12. The van der Waals surface area contributed by atoms with E-state index in [1.165, 1.54) is 25.7 Å². The van der Waals surface area contributed by atoms with Gasteiger partial charge in [0.1, 0.15) is 13.2 Å². The van der Waals surface area contributed by atoms with Gasteiger partial charge in [0.05, 0.1) is 0 Å². The molecule has 0 aromatic rings. The summed E-state index contributed by atoms with van der Waals surface area (Å²) in [4.78, 5) is 38.3. The van der Waals surface area contributed by atoms with Crippen LogP contribution >= 0.6 is 0 Å². The van der Waals surface area contributed by atoms with Crippen LogP contribution in [0.25, 0.3) is 0 Å². The predicted octanol–water partition coefficient (Wildman–Crippen LogP) is 21.7. The van der Waals surface area contributed by atoms with Crippen LogP contribution in [0.15, 0.2) is 182 Å². The summed E-state index contributed by atoms with van der Waals surface area (Å²) in [5.74, 6) is -1.03. The van der Waals surface area contributed by atoms with E-state index in [0.29, 0.717) is 12.8 Å². The number of ether oxygens (including phenoxy) is 3. The van der Waals surface area contributed by atoms with Crippen molar-refractivity contribution in [2.24, 2.45) is 0 Å². The number of carbonyl (C=O) groups is 3. The highest BCUT2D eigenvalue weighted by Gasteiger charge is 2.19. The Balaban J connectivity index is 4.53. The summed E-state index contributed by atoms with van der Waals surface area (Å²) in [7, 11) is 0. The first-order valence-electron chi connectivity index (χ1n) is 31.3. The van der Waals surface area contributed by atoms with Crippen molar-refractivity contribution >= 4 is 17.9 Å². The van der Waals surface area contributed by atoms with Gasteiger partial charge in [0.2, 0.25) is 0 Å². The molecule has 0 radical (unpaired) electrons. The summed E-state index contributed by atoms with van der Waals surface area (Å²) in [6, 6.07) is 0. The highest BCUT2D eigenvalue weighted by atomic mass is 16.6. The van der Waals surface area contributed by atoms with Gasteiger partial charge in [-0.1, -0.05) is 248 Å². The molecule has 0 bridgehead atoms. The number of hydrogen-bond donors (Lipinski definition) is 0. The Morgan fingerprint density at radius 3 is 0.823 bits per heavy atom. The lowest BCUT2D eigenvalue weighted by Crippen LogP contribution is -2.30. The molecule has 0 fully saturated rings. The van der Waals surface area contributed by atoms with E-state index in [9.17, 15) is 14.4 Å². The Kier molecular flexibility index (Phi) is 60.5. The molecule has 0 aliphatic rings. The zero-order valence-corrected chi connectivity index (χ0v) is 50.3. The molecular weight excluding hydrogens is 973 g/mol. The van der Waals surface area contributed by atoms with Crippen molar-refractivity contribution in [2.45, 2.75) is 245 Å². The molecule has 6 nitrogen and oxygen atoms in total. The van der Waals surface area contributed by atoms with Gasteiger partial charge in [-0.2, -0.15) is 0 Å². The molecule has 1 unspecified atom stereocenters. The second kappa shape index (κ2) is 65.0. The summed E-state index contributed by atoms with van der Waals surface area (Å²) < 4.78 is 16.8. The third-order valence-corrected chi connectivity index (χ3v) is 12.4. The third-order valence-electron chi connectivity index (χ3n) is 12.4. The Labute approximate surface area is 484 Å². The molecule has 0 aromatic heterocycles. The van der Waals surface area contributed by atoms with Gasteiger partial charge in [0, 0.05) is 19.3 Å². The van der Waals surface area contributed by atoms with Gasteiger partial charge in [-0.15, -0.1) is 0 Å². The molecule has 440 valence electrons. The van der Waals surface area contributed by atoms with Crippen LogP contribution in [0.5, 0.6) is 0 Å². The van der Waals surface area contributed by atoms with Crippen molar-refractivity contribution in [3.63, 3.8) is 0 Å². The molecule has 0 aliphatic carbocycles. The molecule has 6 heteroatoms. The first kappa shape index (κ1) is 73.5. The summed E-state index contributed by atoms with van der Waals surface area (Å²) >= 11 is 0. The maximum absolute atomic E-state index is 12.9. The van der Waals surface area contributed by atoms with Gasteiger partial charge in [0.25, 0.3) is 0 Å². The quantitative estimate of drug-likeness (QED) is 0.0261. The molecular formula is C73H112O6. The molecule has 0 rings (SSSR count). The maximum atomic E-state index is 12.9. The molecule has 0 amide bonds. The molecule has 0 spiro atoms. The normalized spacial score (nSPS) is 13.4. The van der Waals surface area contributed by atoms with Crippen LogP contribution < -0.4 is 0 Å². The first-order valence-corrected chi connectivity index (χ1v) is 31.3. The number of carbonyl (C=O) groups excluding carboxylic acids is 3. The molecule has 0 saturated heterocycles. The monoisotopic (exact) mass is 1080 g/mol. The lowest BCUT2D eigenvalue weighted by molar-refractivity contribution is -0.167. The van der Waals surface area contributed by atoms with E-state index in [0.717, 1.165) is 167 Å². The Bertz CT molecular complexity index is 1870. The van der Waals surface area contributed by atoms with Gasteiger partial charge < -0.3 is 14.2 Å².